The van der Waals surface area contributed by atoms with E-state index in [-0.39, 0.29) is 17.8 Å². The number of hydrogen-bond donors (Lipinski definition) is 2. The number of nitro groups is 1. The summed E-state index contributed by atoms with van der Waals surface area (Å²) < 4.78 is 13.8. The monoisotopic (exact) mass is 350 g/mol. The lowest BCUT2D eigenvalue weighted by Crippen LogP contribution is -2.30. The van der Waals surface area contributed by atoms with E-state index in [2.05, 4.69) is 5.32 Å². The van der Waals surface area contributed by atoms with E-state index in [0.29, 0.717) is 9.79 Å². The first kappa shape index (κ1) is 17.9. The average molecular weight is 350 g/mol. The number of non-ortho nitro benzene ring substituents is 1. The molecule has 1 atom stereocenters. The molecule has 0 spiro atoms. The van der Waals surface area contributed by atoms with Gasteiger partial charge in [0.15, 0.2) is 0 Å². The van der Waals surface area contributed by atoms with E-state index in [9.17, 15) is 24.4 Å². The summed E-state index contributed by atoms with van der Waals surface area (Å²) in [5.41, 5.74) is -0.187. The van der Waals surface area contributed by atoms with E-state index in [1.807, 2.05) is 0 Å². The molecule has 1 amide bonds. The van der Waals surface area contributed by atoms with Crippen molar-refractivity contribution in [2.24, 2.45) is 0 Å². The minimum absolute atomic E-state index is 0.00529. The van der Waals surface area contributed by atoms with Crippen molar-refractivity contribution in [3.8, 4) is 0 Å². The van der Waals surface area contributed by atoms with Gasteiger partial charge in [0.2, 0.25) is 0 Å². The molecule has 24 heavy (non-hydrogen) atoms. The minimum Gasteiger partial charge on any atom is -0.392 e. The fraction of sp³-hybridized carbons (Fsp3) is 0.188. The Labute approximate surface area is 141 Å². The zero-order valence-electron chi connectivity index (χ0n) is 12.7. The van der Waals surface area contributed by atoms with Crippen molar-refractivity contribution in [3.63, 3.8) is 0 Å². The number of carbonyl (C=O) groups is 1. The predicted octanol–water partition coefficient (Wildman–Crippen LogP) is 3.00. The Kier molecular flexibility index (Phi) is 5.88. The normalized spacial score (nSPS) is 11.8. The topological polar surface area (TPSA) is 92.5 Å². The van der Waals surface area contributed by atoms with Gasteiger partial charge in [0, 0.05) is 28.5 Å². The highest BCUT2D eigenvalue weighted by Crippen LogP contribution is 2.33. The maximum Gasteiger partial charge on any atom is 0.270 e. The van der Waals surface area contributed by atoms with Crippen molar-refractivity contribution in [1.82, 2.24) is 5.32 Å². The molecule has 2 rings (SSSR count). The first-order valence-electron chi connectivity index (χ1n) is 7.05. The summed E-state index contributed by atoms with van der Waals surface area (Å²) in [6, 6.07) is 9.86. The van der Waals surface area contributed by atoms with Crippen LogP contribution in [0.5, 0.6) is 0 Å². The number of hydrogen-bond acceptors (Lipinski definition) is 5. The highest BCUT2D eigenvalue weighted by atomic mass is 32.2. The number of nitro benzene ring substituents is 1. The predicted molar refractivity (Wildman–Crippen MR) is 87.6 cm³/mol. The fourth-order valence-corrected chi connectivity index (χ4v) is 2.83. The summed E-state index contributed by atoms with van der Waals surface area (Å²) in [5, 5.41) is 22.7. The number of aliphatic hydroxyl groups excluding tert-OH is 1. The standard InChI is InChI=1S/C16H15FN2O4S/c1-10(20)9-18-16(21)12-8-11(19(22)23)6-7-14(12)24-15-5-3-2-4-13(15)17/h2-8,10,20H,9H2,1H3,(H,18,21). The number of nitrogens with one attached hydrogen (secondary N) is 1. The lowest BCUT2D eigenvalue weighted by molar-refractivity contribution is -0.384. The highest BCUT2D eigenvalue weighted by molar-refractivity contribution is 7.99. The Balaban J connectivity index is 2.37. The smallest absolute Gasteiger partial charge is 0.270 e. The van der Waals surface area contributed by atoms with Crippen LogP contribution < -0.4 is 5.32 Å². The minimum atomic E-state index is -0.754. The quantitative estimate of drug-likeness (QED) is 0.617. The maximum atomic E-state index is 13.8. The zero-order chi connectivity index (χ0) is 17.7. The van der Waals surface area contributed by atoms with E-state index in [1.54, 1.807) is 18.2 Å². The van der Waals surface area contributed by atoms with Crippen LogP contribution in [0.25, 0.3) is 0 Å². The molecule has 126 valence electrons. The number of nitrogens with zero attached hydrogens (tertiary/aromatic N) is 1. The number of rotatable bonds is 6. The maximum absolute atomic E-state index is 13.8. The van der Waals surface area contributed by atoms with Crippen LogP contribution in [0.2, 0.25) is 0 Å². The number of carbonyl (C=O) groups excluding carboxylic acids is 1. The summed E-state index contributed by atoms with van der Waals surface area (Å²) in [7, 11) is 0. The van der Waals surface area contributed by atoms with Gasteiger partial charge in [-0.25, -0.2) is 4.39 Å². The van der Waals surface area contributed by atoms with E-state index < -0.39 is 22.8 Å². The highest BCUT2D eigenvalue weighted by Gasteiger charge is 2.18. The molecule has 0 aliphatic rings. The lowest BCUT2D eigenvalue weighted by atomic mass is 10.2. The number of amides is 1. The second-order valence-electron chi connectivity index (χ2n) is 5.03. The molecule has 0 bridgehead atoms. The molecule has 0 aliphatic heterocycles. The van der Waals surface area contributed by atoms with Crippen molar-refractivity contribution in [2.45, 2.75) is 22.8 Å². The molecule has 0 saturated carbocycles. The number of halogens is 1. The van der Waals surface area contributed by atoms with Gasteiger partial charge < -0.3 is 10.4 Å². The Hall–Kier alpha value is -2.45. The third-order valence-corrected chi connectivity index (χ3v) is 4.16. The molecule has 6 nitrogen and oxygen atoms in total. The van der Waals surface area contributed by atoms with Crippen molar-refractivity contribution < 1.29 is 19.2 Å². The molecule has 0 radical (unpaired) electrons. The molecule has 2 aromatic rings. The lowest BCUT2D eigenvalue weighted by Gasteiger charge is -2.11. The summed E-state index contributed by atoms with van der Waals surface area (Å²) in [4.78, 5) is 23.3. The van der Waals surface area contributed by atoms with Gasteiger partial charge in [-0.15, -0.1) is 0 Å². The molecule has 2 aromatic carbocycles. The third kappa shape index (κ3) is 4.53. The van der Waals surface area contributed by atoms with Crippen molar-refractivity contribution >= 4 is 23.4 Å². The van der Waals surface area contributed by atoms with Gasteiger partial charge in [0.1, 0.15) is 5.82 Å². The number of benzene rings is 2. The van der Waals surface area contributed by atoms with E-state index in [1.165, 1.54) is 25.1 Å². The van der Waals surface area contributed by atoms with Gasteiger partial charge in [0.25, 0.3) is 11.6 Å². The summed E-state index contributed by atoms with van der Waals surface area (Å²) in [5.74, 6) is -1.02. The Morgan fingerprint density at radius 1 is 1.33 bits per heavy atom. The van der Waals surface area contributed by atoms with Gasteiger partial charge in [-0.3, -0.25) is 14.9 Å². The molecule has 0 fully saturated rings. The van der Waals surface area contributed by atoms with Crippen LogP contribution >= 0.6 is 11.8 Å². The van der Waals surface area contributed by atoms with E-state index in [0.717, 1.165) is 17.8 Å². The first-order valence-corrected chi connectivity index (χ1v) is 7.87. The zero-order valence-corrected chi connectivity index (χ0v) is 13.5. The summed E-state index contributed by atoms with van der Waals surface area (Å²) >= 11 is 1.00. The van der Waals surface area contributed by atoms with Gasteiger partial charge in [-0.05, 0) is 25.1 Å². The van der Waals surface area contributed by atoms with Crippen LogP contribution in [0.4, 0.5) is 10.1 Å². The molecule has 0 aromatic heterocycles. The van der Waals surface area contributed by atoms with Gasteiger partial charge in [-0.1, -0.05) is 23.9 Å². The van der Waals surface area contributed by atoms with Crippen molar-refractivity contribution in [2.75, 3.05) is 6.54 Å². The van der Waals surface area contributed by atoms with Gasteiger partial charge >= 0.3 is 0 Å². The summed E-state index contributed by atoms with van der Waals surface area (Å²) in [6.07, 6.45) is -0.754. The number of aliphatic hydroxyl groups is 1. The van der Waals surface area contributed by atoms with E-state index in [4.69, 9.17) is 0 Å². The summed E-state index contributed by atoms with van der Waals surface area (Å²) in [6.45, 7) is 1.51. The second kappa shape index (κ2) is 7.89. The van der Waals surface area contributed by atoms with Crippen LogP contribution in [-0.2, 0) is 0 Å². The van der Waals surface area contributed by atoms with Gasteiger partial charge in [0.05, 0.1) is 16.6 Å². The molecule has 0 saturated heterocycles. The average Bonchev–Trinajstić information content (AvgIpc) is 2.54. The molecule has 8 heteroatoms. The van der Waals surface area contributed by atoms with Crippen LogP contribution in [0.1, 0.15) is 17.3 Å². The molecular weight excluding hydrogens is 335 g/mol. The Morgan fingerprint density at radius 3 is 2.67 bits per heavy atom. The Bertz CT molecular complexity index is 767. The van der Waals surface area contributed by atoms with Crippen LogP contribution in [0, 0.1) is 15.9 Å². The molecular formula is C16H15FN2O4S. The second-order valence-corrected chi connectivity index (χ2v) is 6.11. The largest absolute Gasteiger partial charge is 0.392 e. The van der Waals surface area contributed by atoms with Crippen LogP contribution in [0.15, 0.2) is 52.3 Å². The molecule has 2 N–H and O–H groups in total. The van der Waals surface area contributed by atoms with Crippen molar-refractivity contribution in [1.29, 1.82) is 0 Å². The molecule has 0 heterocycles. The van der Waals surface area contributed by atoms with Gasteiger partial charge in [-0.2, -0.15) is 0 Å². The van der Waals surface area contributed by atoms with Crippen LogP contribution in [0.3, 0.4) is 0 Å². The van der Waals surface area contributed by atoms with E-state index >= 15 is 0 Å². The van der Waals surface area contributed by atoms with Crippen molar-refractivity contribution in [3.05, 3.63) is 64.0 Å². The molecule has 1 unspecified atom stereocenters. The van der Waals surface area contributed by atoms with Crippen LogP contribution in [-0.4, -0.2) is 28.6 Å². The SMILES string of the molecule is CC(O)CNC(=O)c1cc([N+](=O)[O-])ccc1Sc1ccccc1F. The molecule has 0 aliphatic carbocycles. The first-order chi connectivity index (χ1) is 11.4. The Morgan fingerprint density at radius 2 is 2.04 bits per heavy atom. The fourth-order valence-electron chi connectivity index (χ4n) is 1.88. The third-order valence-electron chi connectivity index (χ3n) is 3.03.